The number of nitrogens with two attached hydrogens (primary N) is 1. The number of carbonyl (C=O) groups is 5. The normalized spacial score (nSPS) is 20.2. The van der Waals surface area contributed by atoms with Gasteiger partial charge in [0.15, 0.2) is 0 Å². The number of carbonyl (C=O) groups excluding carboxylic acids is 4. The number of aliphatic imine (C=N–C) groups is 1. The van der Waals surface area contributed by atoms with E-state index < -0.39 is 29.7 Å². The predicted molar refractivity (Wildman–Crippen MR) is 272 cm³/mol. The van der Waals surface area contributed by atoms with Gasteiger partial charge in [-0.25, -0.2) is 14.8 Å². The van der Waals surface area contributed by atoms with Crippen molar-refractivity contribution < 1.29 is 43.3 Å². The highest BCUT2D eigenvalue weighted by Crippen LogP contribution is 2.37. The highest BCUT2D eigenvalue weighted by molar-refractivity contribution is 6.12. The van der Waals surface area contributed by atoms with Crippen LogP contribution in [0.25, 0.3) is 22.1 Å². The SMILES string of the molecule is CCC1N=C(C)C=C1C(=O)Nc1nc2cc(C(=O)NCCCn3cc(C(=O)O)cn3)cc3c2n1C/C=C/Cn1c(NC(=O)c2cc(C)nn2CC)nc2cc(C(N)=O)cc(c21)OC[C@H](N1C2CCC1COC2)CO3. The summed E-state index contributed by atoms with van der Waals surface area (Å²) in [6, 6.07) is 7.59. The molecule has 4 aliphatic heterocycles. The molecule has 4 aliphatic rings. The standard InChI is InChI=1S/C51H58N14O9/c1-5-37-36(16-28(3)55-37)47(68)58-50-57-39-19-31(46(67)53-12-9-13-61-23-32(22-54-61)49(70)71)21-42-44(39)62(50)14-7-8-15-63-43-38(56-51(63)59-48(69)40-17-29(4)60-64(40)6-2)18-30(45(52)66)20-41(43)73-26-35(27-74-42)65-33-10-11-34(65)25-72-24-33/h7-8,16-23,33-35,37H,5-6,9-15,24-27H2,1-4H3,(H2,52,66)(H,53,67)(H,70,71)(H,56,59,69)(H,57,58,68)/b8-7+/t33?,34?,35-,37?/m0/s1. The number of fused-ring (bicyclic) bond motifs is 2. The van der Waals surface area contributed by atoms with E-state index in [1.165, 1.54) is 17.1 Å². The van der Waals surface area contributed by atoms with E-state index in [9.17, 15) is 29.1 Å². The Morgan fingerprint density at radius 1 is 0.784 bits per heavy atom. The van der Waals surface area contributed by atoms with E-state index in [1.807, 2.05) is 44.4 Å². The number of amides is 4. The number of hydrogen-bond donors (Lipinski definition) is 5. The third-order valence-electron chi connectivity index (χ3n) is 13.8. The maximum absolute atomic E-state index is 14.2. The van der Waals surface area contributed by atoms with Crippen LogP contribution in [-0.4, -0.2) is 141 Å². The number of nitrogens with one attached hydrogen (secondary N) is 3. The summed E-state index contributed by atoms with van der Waals surface area (Å²) in [5, 5.41) is 26.9. The van der Waals surface area contributed by atoms with Gasteiger partial charge in [0.05, 0.1) is 53.8 Å². The first kappa shape index (κ1) is 49.4. The monoisotopic (exact) mass is 1010 g/mol. The molecule has 0 aliphatic carbocycles. The Bertz CT molecular complexity index is 3290. The maximum Gasteiger partial charge on any atom is 0.338 e. The molecule has 74 heavy (non-hydrogen) atoms. The van der Waals surface area contributed by atoms with Gasteiger partial charge in [-0.15, -0.1) is 0 Å². The van der Waals surface area contributed by atoms with Crippen LogP contribution in [0.4, 0.5) is 11.9 Å². The molecule has 3 unspecified atom stereocenters. The molecular formula is C51H58N14O9. The number of carboxylic acids is 1. The fourth-order valence-electron chi connectivity index (χ4n) is 10.4. The van der Waals surface area contributed by atoms with Crippen LogP contribution in [-0.2, 0) is 35.7 Å². The quantitative estimate of drug-likeness (QED) is 0.0750. The van der Waals surface area contributed by atoms with Crippen LogP contribution in [0.15, 0.2) is 71.5 Å². The number of ether oxygens (including phenoxy) is 3. The predicted octanol–water partition coefficient (Wildman–Crippen LogP) is 4.35. The van der Waals surface area contributed by atoms with Crippen LogP contribution in [0.3, 0.4) is 0 Å². The van der Waals surface area contributed by atoms with Crippen molar-refractivity contribution >= 4 is 69.3 Å². The van der Waals surface area contributed by atoms with Crippen molar-refractivity contribution in [2.75, 3.05) is 43.6 Å². The number of rotatable bonds is 14. The molecule has 6 aromatic rings. The molecule has 0 saturated carbocycles. The van der Waals surface area contributed by atoms with Crippen LogP contribution < -0.4 is 31.2 Å². The Labute approximate surface area is 424 Å². The van der Waals surface area contributed by atoms with E-state index in [1.54, 1.807) is 45.7 Å². The topological polar surface area (TPSA) is 282 Å². The van der Waals surface area contributed by atoms with E-state index in [0.29, 0.717) is 89.7 Å². The minimum Gasteiger partial charge on any atom is -0.490 e. The summed E-state index contributed by atoms with van der Waals surface area (Å²) in [6.45, 7) is 10.1. The van der Waals surface area contributed by atoms with Crippen molar-refractivity contribution in [1.82, 2.24) is 48.9 Å². The summed E-state index contributed by atoms with van der Waals surface area (Å²) in [4.78, 5) is 83.4. The van der Waals surface area contributed by atoms with Gasteiger partial charge >= 0.3 is 5.97 Å². The fraction of sp³-hybridized carbons (Fsp3) is 0.412. The minimum absolute atomic E-state index is 0.0631. The van der Waals surface area contributed by atoms with Crippen molar-refractivity contribution in [3.8, 4) is 11.5 Å². The Balaban J connectivity index is 1.06. The molecule has 2 saturated heterocycles. The number of aromatic nitrogens is 8. The molecule has 10 rings (SSSR count). The molecule has 4 aromatic heterocycles. The Morgan fingerprint density at radius 3 is 2.03 bits per heavy atom. The largest absolute Gasteiger partial charge is 0.490 e. The second-order valence-electron chi connectivity index (χ2n) is 18.9. The first-order valence-corrected chi connectivity index (χ1v) is 24.9. The first-order chi connectivity index (χ1) is 35.8. The lowest BCUT2D eigenvalue weighted by molar-refractivity contribution is -0.113. The fourth-order valence-corrected chi connectivity index (χ4v) is 10.4. The first-order valence-electron chi connectivity index (χ1n) is 24.9. The number of allylic oxidation sites excluding steroid dienone is 3. The zero-order valence-electron chi connectivity index (χ0n) is 41.5. The van der Waals surface area contributed by atoms with Crippen LogP contribution in [0.1, 0.15) is 93.7 Å². The third-order valence-corrected chi connectivity index (χ3v) is 13.8. The zero-order valence-corrected chi connectivity index (χ0v) is 41.5. The molecule has 23 heteroatoms. The Hall–Kier alpha value is -8.18. The van der Waals surface area contributed by atoms with Gasteiger partial charge in [-0.2, -0.15) is 10.2 Å². The molecule has 4 amide bonds. The van der Waals surface area contributed by atoms with E-state index >= 15 is 0 Å². The van der Waals surface area contributed by atoms with Crippen molar-refractivity contribution in [1.29, 1.82) is 0 Å². The number of aryl methyl sites for hydroxylation is 3. The van der Waals surface area contributed by atoms with Crippen molar-refractivity contribution in [2.45, 2.75) is 104 Å². The van der Waals surface area contributed by atoms with Gasteiger partial charge in [0.2, 0.25) is 17.8 Å². The van der Waals surface area contributed by atoms with Gasteiger partial charge in [0.25, 0.3) is 17.7 Å². The van der Waals surface area contributed by atoms with Gasteiger partial charge in [0, 0.05) is 73.4 Å². The van der Waals surface area contributed by atoms with E-state index in [-0.39, 0.29) is 85.5 Å². The number of anilines is 2. The maximum atomic E-state index is 14.2. The number of imidazole rings is 2. The average molecular weight is 1010 g/mol. The third kappa shape index (κ3) is 9.86. The lowest BCUT2D eigenvalue weighted by Gasteiger charge is -2.40. The van der Waals surface area contributed by atoms with Crippen molar-refractivity contribution in [3.63, 3.8) is 0 Å². The van der Waals surface area contributed by atoms with E-state index in [0.717, 1.165) is 18.6 Å². The number of nitrogens with zero attached hydrogens (tertiary/aromatic N) is 10. The molecule has 8 heterocycles. The zero-order chi connectivity index (χ0) is 51.8. The Kier molecular flexibility index (Phi) is 13.8. The van der Waals surface area contributed by atoms with Crippen molar-refractivity contribution in [2.24, 2.45) is 10.7 Å². The second-order valence-corrected chi connectivity index (χ2v) is 18.9. The minimum atomic E-state index is -1.08. The summed E-state index contributed by atoms with van der Waals surface area (Å²) in [6.07, 6.45) is 11.1. The highest BCUT2D eigenvalue weighted by Gasteiger charge is 2.42. The molecule has 2 fully saturated rings. The number of aromatic carboxylic acids is 1. The lowest BCUT2D eigenvalue weighted by Crippen LogP contribution is -2.55. The van der Waals surface area contributed by atoms with Crippen LogP contribution in [0.2, 0.25) is 0 Å². The summed E-state index contributed by atoms with van der Waals surface area (Å²) >= 11 is 0. The molecule has 2 aromatic carbocycles. The second kappa shape index (κ2) is 20.7. The summed E-state index contributed by atoms with van der Waals surface area (Å²) < 4.78 is 26.5. The van der Waals surface area contributed by atoms with E-state index in [4.69, 9.17) is 29.9 Å². The molecular weight excluding hydrogens is 953 g/mol. The van der Waals surface area contributed by atoms with Crippen LogP contribution in [0.5, 0.6) is 11.5 Å². The summed E-state index contributed by atoms with van der Waals surface area (Å²) in [5.74, 6) is -1.93. The summed E-state index contributed by atoms with van der Waals surface area (Å²) in [5.41, 5.74) is 10.4. The molecule has 23 nitrogen and oxygen atoms in total. The van der Waals surface area contributed by atoms with Gasteiger partial charge in [0.1, 0.15) is 41.4 Å². The Morgan fingerprint density at radius 2 is 1.42 bits per heavy atom. The number of hydrogen-bond acceptors (Lipinski definition) is 14. The number of benzene rings is 2. The molecule has 4 atom stereocenters. The molecule has 0 spiro atoms. The smallest absolute Gasteiger partial charge is 0.338 e. The van der Waals surface area contributed by atoms with Crippen molar-refractivity contribution in [3.05, 3.63) is 94.6 Å². The van der Waals surface area contributed by atoms with Gasteiger partial charge in [-0.1, -0.05) is 19.1 Å². The van der Waals surface area contributed by atoms with Crippen LogP contribution in [0, 0.1) is 6.92 Å². The van der Waals surface area contributed by atoms with Crippen LogP contribution >= 0.6 is 0 Å². The molecule has 0 radical (unpaired) electrons. The average Bonchev–Trinajstić information content (AvgIpc) is 4.25. The summed E-state index contributed by atoms with van der Waals surface area (Å²) in [7, 11) is 0. The van der Waals surface area contributed by atoms with Gasteiger partial charge in [-0.3, -0.25) is 49.1 Å². The van der Waals surface area contributed by atoms with Gasteiger partial charge < -0.3 is 39.5 Å². The highest BCUT2D eigenvalue weighted by atomic mass is 16.5. The number of primary amides is 1. The molecule has 6 N–H and O–H groups in total. The van der Waals surface area contributed by atoms with E-state index in [2.05, 4.69) is 36.0 Å². The number of carboxylic acid groups (broad SMARTS) is 1. The van der Waals surface area contributed by atoms with Gasteiger partial charge in [-0.05, 0) is 82.9 Å². The molecule has 2 bridgehead atoms. The molecule has 386 valence electrons. The lowest BCUT2D eigenvalue weighted by atomic mass is 10.1. The number of morpholine rings is 1.